The number of rotatable bonds is 4. The highest BCUT2D eigenvalue weighted by atomic mass is 16.5. The van der Waals surface area contributed by atoms with Gasteiger partial charge < -0.3 is 15.8 Å². The molecule has 1 aliphatic rings. The summed E-state index contributed by atoms with van der Waals surface area (Å²) >= 11 is 0. The molecule has 1 atom stereocenters. The Bertz CT molecular complexity index is 347. The first kappa shape index (κ1) is 10.5. The molecular weight excluding hydrogens is 188 g/mol. The van der Waals surface area contributed by atoms with Gasteiger partial charge in [-0.1, -0.05) is 12.1 Å². The van der Waals surface area contributed by atoms with Crippen molar-refractivity contribution in [1.82, 2.24) is 5.32 Å². The zero-order valence-electron chi connectivity index (χ0n) is 9.29. The Morgan fingerprint density at radius 3 is 2.73 bits per heavy atom. The van der Waals surface area contributed by atoms with Crippen LogP contribution in [0.5, 0.6) is 5.75 Å². The molecule has 0 heterocycles. The van der Waals surface area contributed by atoms with Crippen molar-refractivity contribution in [2.75, 3.05) is 14.2 Å². The van der Waals surface area contributed by atoms with Crippen molar-refractivity contribution < 1.29 is 4.74 Å². The predicted octanol–water partition coefficient (Wildman–Crippen LogP) is 1.45. The van der Waals surface area contributed by atoms with Crippen LogP contribution >= 0.6 is 0 Å². The molecule has 1 aromatic rings. The van der Waals surface area contributed by atoms with Crippen LogP contribution in [0.2, 0.25) is 0 Å². The number of hydrogen-bond acceptors (Lipinski definition) is 3. The van der Waals surface area contributed by atoms with Gasteiger partial charge in [-0.3, -0.25) is 0 Å². The largest absolute Gasteiger partial charge is 0.497 e. The molecule has 0 aromatic heterocycles. The lowest BCUT2D eigenvalue weighted by atomic mass is 9.98. The Morgan fingerprint density at radius 2 is 2.20 bits per heavy atom. The summed E-state index contributed by atoms with van der Waals surface area (Å²) in [5.41, 5.74) is 7.37. The van der Waals surface area contributed by atoms with Crippen molar-refractivity contribution >= 4 is 0 Å². The van der Waals surface area contributed by atoms with Gasteiger partial charge in [0.15, 0.2) is 0 Å². The van der Waals surface area contributed by atoms with E-state index in [1.165, 1.54) is 5.56 Å². The third kappa shape index (κ3) is 1.98. The molecule has 1 saturated carbocycles. The van der Waals surface area contributed by atoms with E-state index in [0.717, 1.165) is 18.6 Å². The zero-order valence-corrected chi connectivity index (χ0v) is 9.29. The predicted molar refractivity (Wildman–Crippen MR) is 60.9 cm³/mol. The van der Waals surface area contributed by atoms with Gasteiger partial charge in [0.2, 0.25) is 0 Å². The highest BCUT2D eigenvalue weighted by Gasteiger charge is 2.45. The van der Waals surface area contributed by atoms with Crippen LogP contribution in [0, 0.1) is 0 Å². The van der Waals surface area contributed by atoms with Crippen molar-refractivity contribution in [3.05, 3.63) is 29.8 Å². The normalized spacial score (nSPS) is 19.7. The van der Waals surface area contributed by atoms with E-state index < -0.39 is 0 Å². The first-order valence-corrected chi connectivity index (χ1v) is 5.30. The quantitative estimate of drug-likeness (QED) is 0.783. The number of likely N-dealkylation sites (N-methyl/N-ethyl adjacent to an activating group) is 1. The van der Waals surface area contributed by atoms with Crippen molar-refractivity contribution in [2.45, 2.75) is 24.4 Å². The topological polar surface area (TPSA) is 47.3 Å². The summed E-state index contributed by atoms with van der Waals surface area (Å²) in [6.45, 7) is 0. The minimum absolute atomic E-state index is 0.0544. The van der Waals surface area contributed by atoms with Crippen molar-refractivity contribution in [1.29, 1.82) is 0 Å². The average molecular weight is 206 g/mol. The van der Waals surface area contributed by atoms with E-state index in [9.17, 15) is 0 Å². The van der Waals surface area contributed by atoms with Crippen molar-refractivity contribution in [3.63, 3.8) is 0 Å². The number of nitrogens with two attached hydrogens (primary N) is 1. The fraction of sp³-hybridized carbons (Fsp3) is 0.500. The molecule has 3 heteroatoms. The van der Waals surface area contributed by atoms with E-state index >= 15 is 0 Å². The summed E-state index contributed by atoms with van der Waals surface area (Å²) in [6, 6.07) is 8.33. The summed E-state index contributed by atoms with van der Waals surface area (Å²) < 4.78 is 5.21. The zero-order chi connectivity index (χ0) is 10.9. The number of benzene rings is 1. The van der Waals surface area contributed by atoms with Gasteiger partial charge in [0.25, 0.3) is 0 Å². The number of hydrogen-bond donors (Lipinski definition) is 2. The van der Waals surface area contributed by atoms with Crippen LogP contribution in [-0.4, -0.2) is 19.7 Å². The molecule has 1 unspecified atom stereocenters. The first-order chi connectivity index (χ1) is 7.19. The van der Waals surface area contributed by atoms with E-state index in [-0.39, 0.29) is 11.6 Å². The van der Waals surface area contributed by atoms with Gasteiger partial charge in [-0.15, -0.1) is 0 Å². The summed E-state index contributed by atoms with van der Waals surface area (Å²) in [7, 11) is 3.64. The van der Waals surface area contributed by atoms with Crippen LogP contribution in [0.3, 0.4) is 0 Å². The minimum Gasteiger partial charge on any atom is -0.497 e. The summed E-state index contributed by atoms with van der Waals surface area (Å²) in [5, 5.41) is 3.29. The Labute approximate surface area is 90.6 Å². The lowest BCUT2D eigenvalue weighted by molar-refractivity contribution is 0.410. The van der Waals surface area contributed by atoms with Gasteiger partial charge in [0, 0.05) is 5.54 Å². The molecule has 0 spiro atoms. The number of ether oxygens (including phenoxy) is 1. The van der Waals surface area contributed by atoms with Gasteiger partial charge in [-0.25, -0.2) is 0 Å². The molecule has 0 amide bonds. The fourth-order valence-electron chi connectivity index (χ4n) is 2.04. The van der Waals surface area contributed by atoms with Gasteiger partial charge in [0.1, 0.15) is 5.75 Å². The van der Waals surface area contributed by atoms with E-state index in [2.05, 4.69) is 11.4 Å². The Balaban J connectivity index is 2.26. The maximum Gasteiger partial charge on any atom is 0.119 e. The van der Waals surface area contributed by atoms with Crippen molar-refractivity contribution in [2.24, 2.45) is 5.73 Å². The maximum absolute atomic E-state index is 6.22. The van der Waals surface area contributed by atoms with E-state index in [1.807, 2.05) is 25.2 Å². The van der Waals surface area contributed by atoms with Crippen LogP contribution in [0.4, 0.5) is 0 Å². The fourth-order valence-corrected chi connectivity index (χ4v) is 2.04. The Hall–Kier alpha value is -1.06. The van der Waals surface area contributed by atoms with Crippen LogP contribution < -0.4 is 15.8 Å². The second kappa shape index (κ2) is 3.83. The molecule has 3 nitrogen and oxygen atoms in total. The highest BCUT2D eigenvalue weighted by molar-refractivity contribution is 5.33. The molecule has 2 rings (SSSR count). The summed E-state index contributed by atoms with van der Waals surface area (Å²) in [6.07, 6.45) is 2.19. The lowest BCUT2D eigenvalue weighted by Gasteiger charge is -2.23. The molecule has 0 saturated heterocycles. The first-order valence-electron chi connectivity index (χ1n) is 5.30. The van der Waals surface area contributed by atoms with E-state index in [4.69, 9.17) is 10.5 Å². The van der Waals surface area contributed by atoms with Crippen LogP contribution in [0.25, 0.3) is 0 Å². The molecule has 1 aliphatic carbocycles. The summed E-state index contributed by atoms with van der Waals surface area (Å²) in [4.78, 5) is 0. The monoisotopic (exact) mass is 206 g/mol. The third-order valence-corrected chi connectivity index (χ3v) is 3.12. The number of nitrogens with one attached hydrogen (secondary N) is 1. The second-order valence-electron chi connectivity index (χ2n) is 4.23. The highest BCUT2D eigenvalue weighted by Crippen LogP contribution is 2.43. The molecule has 1 aromatic carbocycles. The van der Waals surface area contributed by atoms with Gasteiger partial charge in [-0.2, -0.15) is 0 Å². The third-order valence-electron chi connectivity index (χ3n) is 3.12. The Kier molecular flexibility index (Phi) is 2.67. The van der Waals surface area contributed by atoms with Crippen LogP contribution in [0.15, 0.2) is 24.3 Å². The standard InChI is InChI=1S/C12H18N2O/c1-14-11(12(13)6-7-12)9-4-3-5-10(8-9)15-2/h3-5,8,11,14H,6-7,13H2,1-2H3. The van der Waals surface area contributed by atoms with Gasteiger partial charge >= 0.3 is 0 Å². The molecule has 15 heavy (non-hydrogen) atoms. The molecule has 3 N–H and O–H groups in total. The van der Waals surface area contributed by atoms with Gasteiger partial charge in [0.05, 0.1) is 13.2 Å². The van der Waals surface area contributed by atoms with Gasteiger partial charge in [-0.05, 0) is 37.6 Å². The van der Waals surface area contributed by atoms with Crippen LogP contribution in [0.1, 0.15) is 24.4 Å². The molecule has 1 fully saturated rings. The molecule has 0 bridgehead atoms. The molecule has 0 aliphatic heterocycles. The molecule has 0 radical (unpaired) electrons. The SMILES string of the molecule is CNC(c1cccc(OC)c1)C1(N)CC1. The van der Waals surface area contributed by atoms with E-state index in [0.29, 0.717) is 0 Å². The minimum atomic E-state index is -0.0544. The smallest absolute Gasteiger partial charge is 0.119 e. The lowest BCUT2D eigenvalue weighted by Crippen LogP contribution is -2.38. The average Bonchev–Trinajstić information content (AvgIpc) is 2.98. The van der Waals surface area contributed by atoms with Crippen molar-refractivity contribution in [3.8, 4) is 5.75 Å². The molecule has 82 valence electrons. The maximum atomic E-state index is 6.22. The van der Waals surface area contributed by atoms with Crippen LogP contribution in [-0.2, 0) is 0 Å². The summed E-state index contributed by atoms with van der Waals surface area (Å²) in [5.74, 6) is 0.886. The molecular formula is C12H18N2O. The Morgan fingerprint density at radius 1 is 1.47 bits per heavy atom. The number of methoxy groups -OCH3 is 1. The second-order valence-corrected chi connectivity index (χ2v) is 4.23. The van der Waals surface area contributed by atoms with E-state index in [1.54, 1.807) is 7.11 Å².